The van der Waals surface area contributed by atoms with Crippen LogP contribution in [0.1, 0.15) is 29.7 Å². The van der Waals surface area contributed by atoms with Crippen molar-refractivity contribution >= 4 is 0 Å². The Morgan fingerprint density at radius 3 is 2.53 bits per heavy atom. The van der Waals surface area contributed by atoms with Gasteiger partial charge in [0.15, 0.2) is 0 Å². The van der Waals surface area contributed by atoms with Crippen molar-refractivity contribution in [2.75, 3.05) is 7.05 Å². The molecule has 0 heterocycles. The zero-order valence-corrected chi connectivity index (χ0v) is 12.0. The van der Waals surface area contributed by atoms with Crippen LogP contribution < -0.4 is 10.1 Å². The van der Waals surface area contributed by atoms with E-state index in [4.69, 9.17) is 4.74 Å². The summed E-state index contributed by atoms with van der Waals surface area (Å²) in [6.07, 6.45) is 0. The van der Waals surface area contributed by atoms with Crippen LogP contribution in [0, 0.1) is 13.8 Å². The molecule has 0 radical (unpaired) electrons. The van der Waals surface area contributed by atoms with Crippen molar-refractivity contribution in [1.82, 2.24) is 5.32 Å². The lowest BCUT2D eigenvalue weighted by Gasteiger charge is -2.14. The molecule has 2 aromatic carbocycles. The predicted molar refractivity (Wildman–Crippen MR) is 79.9 cm³/mol. The molecule has 100 valence electrons. The normalized spacial score (nSPS) is 12.2. The molecular formula is C17H21NO. The number of ether oxygens (including phenoxy) is 1. The largest absolute Gasteiger partial charge is 0.457 e. The van der Waals surface area contributed by atoms with Gasteiger partial charge in [0.1, 0.15) is 11.5 Å². The van der Waals surface area contributed by atoms with Gasteiger partial charge in [0, 0.05) is 6.04 Å². The summed E-state index contributed by atoms with van der Waals surface area (Å²) < 4.78 is 6.00. The van der Waals surface area contributed by atoms with Crippen LogP contribution in [0.4, 0.5) is 0 Å². The van der Waals surface area contributed by atoms with Crippen molar-refractivity contribution in [3.63, 3.8) is 0 Å². The zero-order valence-electron chi connectivity index (χ0n) is 12.0. The second-order valence-corrected chi connectivity index (χ2v) is 4.88. The van der Waals surface area contributed by atoms with E-state index < -0.39 is 0 Å². The fourth-order valence-corrected chi connectivity index (χ4v) is 1.98. The lowest BCUT2D eigenvalue weighted by atomic mass is 10.1. The van der Waals surface area contributed by atoms with Gasteiger partial charge in [-0.2, -0.15) is 0 Å². The number of rotatable bonds is 4. The Morgan fingerprint density at radius 2 is 1.79 bits per heavy atom. The van der Waals surface area contributed by atoms with Crippen molar-refractivity contribution in [3.8, 4) is 11.5 Å². The van der Waals surface area contributed by atoms with Crippen molar-refractivity contribution in [2.24, 2.45) is 0 Å². The molecule has 0 aliphatic heterocycles. The van der Waals surface area contributed by atoms with Gasteiger partial charge >= 0.3 is 0 Å². The molecule has 19 heavy (non-hydrogen) atoms. The van der Waals surface area contributed by atoms with Crippen LogP contribution >= 0.6 is 0 Å². The SMILES string of the molecule is CNC(C)c1cccc(Oc2cccc(C)c2C)c1. The monoisotopic (exact) mass is 255 g/mol. The van der Waals surface area contributed by atoms with E-state index in [9.17, 15) is 0 Å². The van der Waals surface area contributed by atoms with E-state index in [0.29, 0.717) is 6.04 Å². The standard InChI is InChI=1S/C17H21NO/c1-12-7-5-10-17(13(12)2)19-16-9-6-8-15(11-16)14(3)18-4/h5-11,14,18H,1-4H3. The van der Waals surface area contributed by atoms with Crippen LogP contribution in [-0.2, 0) is 0 Å². The van der Waals surface area contributed by atoms with Crippen LogP contribution in [-0.4, -0.2) is 7.05 Å². The third-order valence-corrected chi connectivity index (χ3v) is 3.57. The van der Waals surface area contributed by atoms with Gasteiger partial charge in [0.05, 0.1) is 0 Å². The summed E-state index contributed by atoms with van der Waals surface area (Å²) in [5, 5.41) is 3.24. The summed E-state index contributed by atoms with van der Waals surface area (Å²) >= 11 is 0. The highest BCUT2D eigenvalue weighted by Crippen LogP contribution is 2.28. The van der Waals surface area contributed by atoms with Crippen molar-refractivity contribution < 1.29 is 4.74 Å². The van der Waals surface area contributed by atoms with Crippen LogP contribution in [0.2, 0.25) is 0 Å². The quantitative estimate of drug-likeness (QED) is 0.875. The van der Waals surface area contributed by atoms with Crippen LogP contribution in [0.25, 0.3) is 0 Å². The Balaban J connectivity index is 2.26. The second-order valence-electron chi connectivity index (χ2n) is 4.88. The van der Waals surface area contributed by atoms with E-state index >= 15 is 0 Å². The molecular weight excluding hydrogens is 234 g/mol. The first-order valence-electron chi connectivity index (χ1n) is 6.63. The number of nitrogens with one attached hydrogen (secondary N) is 1. The van der Waals surface area contributed by atoms with Gasteiger partial charge in [-0.05, 0) is 62.7 Å². The van der Waals surface area contributed by atoms with Gasteiger partial charge in [-0.3, -0.25) is 0 Å². The molecule has 2 heteroatoms. The summed E-state index contributed by atoms with van der Waals surface area (Å²) in [5.41, 5.74) is 3.66. The highest BCUT2D eigenvalue weighted by molar-refractivity contribution is 5.42. The lowest BCUT2D eigenvalue weighted by Crippen LogP contribution is -2.12. The summed E-state index contributed by atoms with van der Waals surface area (Å²) in [6.45, 7) is 6.32. The highest BCUT2D eigenvalue weighted by atomic mass is 16.5. The third kappa shape index (κ3) is 3.15. The maximum absolute atomic E-state index is 6.00. The Hall–Kier alpha value is -1.80. The molecule has 0 fully saturated rings. The first-order valence-corrected chi connectivity index (χ1v) is 6.63. The molecule has 1 atom stereocenters. The second kappa shape index (κ2) is 5.89. The van der Waals surface area contributed by atoms with Gasteiger partial charge < -0.3 is 10.1 Å². The molecule has 2 nitrogen and oxygen atoms in total. The topological polar surface area (TPSA) is 21.3 Å². The molecule has 0 aromatic heterocycles. The number of benzene rings is 2. The minimum absolute atomic E-state index is 0.321. The fourth-order valence-electron chi connectivity index (χ4n) is 1.98. The van der Waals surface area contributed by atoms with Crippen LogP contribution in [0.15, 0.2) is 42.5 Å². The highest BCUT2D eigenvalue weighted by Gasteiger charge is 2.06. The smallest absolute Gasteiger partial charge is 0.130 e. The van der Waals surface area contributed by atoms with E-state index in [1.54, 1.807) is 0 Å². The Morgan fingerprint density at radius 1 is 1.05 bits per heavy atom. The fraction of sp³-hybridized carbons (Fsp3) is 0.294. The van der Waals surface area contributed by atoms with Crippen LogP contribution in [0.3, 0.4) is 0 Å². The minimum Gasteiger partial charge on any atom is -0.457 e. The van der Waals surface area contributed by atoms with Gasteiger partial charge in [-0.1, -0.05) is 24.3 Å². The molecule has 1 unspecified atom stereocenters. The molecule has 0 saturated heterocycles. The first-order chi connectivity index (χ1) is 9.11. The summed E-state index contributed by atoms with van der Waals surface area (Å²) in [6, 6.07) is 14.7. The van der Waals surface area contributed by atoms with Gasteiger partial charge in [-0.15, -0.1) is 0 Å². The van der Waals surface area contributed by atoms with Gasteiger partial charge in [0.2, 0.25) is 0 Å². The average molecular weight is 255 g/mol. The minimum atomic E-state index is 0.321. The van der Waals surface area contributed by atoms with Crippen molar-refractivity contribution in [1.29, 1.82) is 0 Å². The van der Waals surface area contributed by atoms with Gasteiger partial charge in [0.25, 0.3) is 0 Å². The lowest BCUT2D eigenvalue weighted by molar-refractivity contribution is 0.476. The maximum atomic E-state index is 6.00. The van der Waals surface area contributed by atoms with Crippen LogP contribution in [0.5, 0.6) is 11.5 Å². The molecule has 0 saturated carbocycles. The van der Waals surface area contributed by atoms with Gasteiger partial charge in [-0.25, -0.2) is 0 Å². The van der Waals surface area contributed by atoms with E-state index in [1.807, 2.05) is 31.3 Å². The average Bonchev–Trinajstić information content (AvgIpc) is 2.43. The Labute approximate surface area is 115 Å². The summed E-state index contributed by atoms with van der Waals surface area (Å²) in [7, 11) is 1.96. The molecule has 2 aromatic rings. The first kappa shape index (κ1) is 13.6. The number of aryl methyl sites for hydroxylation is 1. The van der Waals surface area contributed by atoms with E-state index in [1.165, 1.54) is 16.7 Å². The molecule has 2 rings (SSSR count). The summed E-state index contributed by atoms with van der Waals surface area (Å²) in [4.78, 5) is 0. The Bertz CT molecular complexity index is 563. The molecule has 1 N–H and O–H groups in total. The molecule has 0 bridgehead atoms. The van der Waals surface area contributed by atoms with Crippen molar-refractivity contribution in [2.45, 2.75) is 26.8 Å². The molecule has 0 aliphatic carbocycles. The van der Waals surface area contributed by atoms with Crippen molar-refractivity contribution in [3.05, 3.63) is 59.2 Å². The Kier molecular flexibility index (Phi) is 4.23. The molecule has 0 aliphatic rings. The third-order valence-electron chi connectivity index (χ3n) is 3.57. The van der Waals surface area contributed by atoms with E-state index in [0.717, 1.165) is 11.5 Å². The number of hydrogen-bond acceptors (Lipinski definition) is 2. The zero-order chi connectivity index (χ0) is 13.8. The summed E-state index contributed by atoms with van der Waals surface area (Å²) in [5.74, 6) is 1.81. The predicted octanol–water partition coefficient (Wildman–Crippen LogP) is 4.38. The number of hydrogen-bond donors (Lipinski definition) is 1. The molecule has 0 spiro atoms. The maximum Gasteiger partial charge on any atom is 0.130 e. The van der Waals surface area contributed by atoms with E-state index in [-0.39, 0.29) is 0 Å². The molecule has 0 amide bonds. The van der Waals surface area contributed by atoms with E-state index in [2.05, 4.69) is 44.3 Å².